The number of nitrogens with one attached hydrogen (secondary N) is 1. The molecular weight excluding hydrogens is 372 g/mol. The summed E-state index contributed by atoms with van der Waals surface area (Å²) >= 11 is 0. The predicted molar refractivity (Wildman–Crippen MR) is 120 cm³/mol. The van der Waals surface area contributed by atoms with Gasteiger partial charge in [0.2, 0.25) is 0 Å². The van der Waals surface area contributed by atoms with Gasteiger partial charge in [0.1, 0.15) is 0 Å². The number of aromatic hydroxyl groups is 1. The molecule has 0 radical (unpaired) electrons. The molecule has 1 aliphatic rings. The van der Waals surface area contributed by atoms with E-state index in [0.29, 0.717) is 0 Å². The molecule has 146 valence electrons. The van der Waals surface area contributed by atoms with Gasteiger partial charge in [-0.1, -0.05) is 31.2 Å². The number of rotatable bonds is 4. The van der Waals surface area contributed by atoms with Crippen molar-refractivity contribution in [1.82, 2.24) is 9.97 Å². The highest BCUT2D eigenvalue weighted by Crippen LogP contribution is 2.29. The topological polar surface area (TPSA) is 73.6 Å². The van der Waals surface area contributed by atoms with Gasteiger partial charge in [-0.25, -0.2) is 0 Å². The van der Waals surface area contributed by atoms with Gasteiger partial charge in [0.25, 0.3) is 0 Å². The molecule has 2 aromatic carbocycles. The second-order valence-electron chi connectivity index (χ2n) is 7.25. The summed E-state index contributed by atoms with van der Waals surface area (Å²) in [7, 11) is 0. The van der Waals surface area contributed by atoms with Crippen molar-refractivity contribution in [3.63, 3.8) is 0 Å². The summed E-state index contributed by atoms with van der Waals surface area (Å²) < 4.78 is 0. The number of benzene rings is 2. The fraction of sp³-hybridized carbons (Fsp3) is 0.0800. The second-order valence-corrected chi connectivity index (χ2v) is 7.25. The monoisotopic (exact) mass is 392 g/mol. The van der Waals surface area contributed by atoms with E-state index in [1.165, 1.54) is 5.56 Å². The smallest absolute Gasteiger partial charge is 0.196 e. The Hall–Kier alpha value is -3.99. The molecule has 1 aliphatic heterocycles. The van der Waals surface area contributed by atoms with E-state index in [1.54, 1.807) is 12.4 Å². The Morgan fingerprint density at radius 1 is 1.03 bits per heavy atom. The Balaban J connectivity index is 1.56. The van der Waals surface area contributed by atoms with Gasteiger partial charge in [-0.3, -0.25) is 4.98 Å². The average Bonchev–Trinajstić information content (AvgIpc) is 3.32. The van der Waals surface area contributed by atoms with Gasteiger partial charge < -0.3 is 10.1 Å². The number of pyridine rings is 1. The van der Waals surface area contributed by atoms with Gasteiger partial charge in [0.05, 0.1) is 11.4 Å². The third-order valence-corrected chi connectivity index (χ3v) is 5.28. The summed E-state index contributed by atoms with van der Waals surface area (Å²) in [5, 5.41) is 22.0. The number of aromatic amines is 1. The lowest BCUT2D eigenvalue weighted by molar-refractivity contribution is 0.457. The first-order valence-electron chi connectivity index (χ1n) is 9.91. The molecular formula is C25H20N4O. The molecule has 4 aromatic rings. The Morgan fingerprint density at radius 3 is 2.80 bits per heavy atom. The molecule has 0 aliphatic carbocycles. The van der Waals surface area contributed by atoms with Crippen molar-refractivity contribution in [2.45, 2.75) is 13.3 Å². The minimum Gasteiger partial charge on any atom is -0.494 e. The maximum Gasteiger partial charge on any atom is 0.196 e. The summed E-state index contributed by atoms with van der Waals surface area (Å²) in [5.41, 5.74) is 5.60. The molecule has 0 fully saturated rings. The molecule has 2 aromatic heterocycles. The lowest BCUT2D eigenvalue weighted by atomic mass is 10.1. The molecule has 5 rings (SSSR count). The Kier molecular flexibility index (Phi) is 4.48. The van der Waals surface area contributed by atoms with E-state index >= 15 is 0 Å². The highest BCUT2D eigenvalue weighted by Gasteiger charge is 2.10. The summed E-state index contributed by atoms with van der Waals surface area (Å²) in [6.07, 6.45) is 10.4. The van der Waals surface area contributed by atoms with Crippen LogP contribution in [0.5, 0.6) is 5.88 Å². The van der Waals surface area contributed by atoms with E-state index in [0.717, 1.165) is 50.3 Å². The molecule has 0 bridgehead atoms. The molecule has 0 atom stereocenters. The van der Waals surface area contributed by atoms with Crippen LogP contribution in [0, 0.1) is 0 Å². The van der Waals surface area contributed by atoms with Crippen LogP contribution in [-0.2, 0) is 6.42 Å². The van der Waals surface area contributed by atoms with E-state index in [1.807, 2.05) is 54.6 Å². The lowest BCUT2D eigenvalue weighted by Gasteiger charge is -1.98. The van der Waals surface area contributed by atoms with Crippen molar-refractivity contribution in [3.8, 4) is 5.88 Å². The number of aromatic nitrogens is 2. The number of nitrogens with zero attached hydrogens (tertiary/aromatic N) is 3. The number of fused-ring (bicyclic) bond motifs is 2. The molecule has 2 N–H and O–H groups in total. The van der Waals surface area contributed by atoms with Crippen LogP contribution < -0.4 is 10.4 Å². The zero-order valence-corrected chi connectivity index (χ0v) is 16.5. The van der Waals surface area contributed by atoms with E-state index in [-0.39, 0.29) is 5.88 Å². The van der Waals surface area contributed by atoms with Crippen LogP contribution >= 0.6 is 0 Å². The number of azo groups is 1. The van der Waals surface area contributed by atoms with E-state index in [9.17, 15) is 5.11 Å². The van der Waals surface area contributed by atoms with Crippen molar-refractivity contribution in [2.75, 3.05) is 0 Å². The maximum atomic E-state index is 10.4. The van der Waals surface area contributed by atoms with Crippen LogP contribution in [0.3, 0.4) is 0 Å². The molecule has 0 saturated heterocycles. The SMILES string of the molecule is CCc1ccc2[nH]c(O)c(/C=c3\ccc4c(c3)N=NC=4/C=C/c3cccnc3)c2c1. The molecule has 5 heteroatoms. The van der Waals surface area contributed by atoms with Crippen LogP contribution in [0.1, 0.15) is 23.6 Å². The number of aryl methyl sites for hydroxylation is 1. The van der Waals surface area contributed by atoms with Gasteiger partial charge in [-0.05, 0) is 65.3 Å². The molecule has 0 saturated carbocycles. The average molecular weight is 392 g/mol. The Labute approximate surface area is 173 Å². The van der Waals surface area contributed by atoms with Gasteiger partial charge in [-0.2, -0.15) is 0 Å². The third kappa shape index (κ3) is 3.31. The van der Waals surface area contributed by atoms with Crippen LogP contribution in [0.2, 0.25) is 0 Å². The summed E-state index contributed by atoms with van der Waals surface area (Å²) in [6, 6.07) is 16.1. The fourth-order valence-corrected chi connectivity index (χ4v) is 3.65. The van der Waals surface area contributed by atoms with Gasteiger partial charge >= 0.3 is 0 Å². The summed E-state index contributed by atoms with van der Waals surface area (Å²) in [6.45, 7) is 2.12. The standard InChI is InChI=1S/C25H20N4O/c1-2-16-6-9-22-20(12-16)21(25(30)27-22)13-18-5-8-19-23(28-29-24(19)14-18)10-7-17-4-3-11-26-15-17/h3-15,27,30H,2H2,1H3/b10-7+,18-13+. The Morgan fingerprint density at radius 2 is 1.97 bits per heavy atom. The highest BCUT2D eigenvalue weighted by molar-refractivity contribution is 5.92. The van der Waals surface area contributed by atoms with Crippen molar-refractivity contribution in [3.05, 3.63) is 94.1 Å². The maximum absolute atomic E-state index is 10.4. The fourth-order valence-electron chi connectivity index (χ4n) is 3.65. The van der Waals surface area contributed by atoms with E-state index in [4.69, 9.17) is 0 Å². The van der Waals surface area contributed by atoms with Gasteiger partial charge in [0.15, 0.2) is 5.88 Å². The molecule has 0 unspecified atom stereocenters. The minimum absolute atomic E-state index is 0.173. The van der Waals surface area contributed by atoms with Crippen LogP contribution in [-0.4, -0.2) is 15.1 Å². The second kappa shape index (κ2) is 7.44. The zero-order chi connectivity index (χ0) is 20.5. The first-order valence-corrected chi connectivity index (χ1v) is 9.91. The molecule has 30 heavy (non-hydrogen) atoms. The summed E-state index contributed by atoms with van der Waals surface area (Å²) in [5.74, 6) is 0.173. The highest BCUT2D eigenvalue weighted by atomic mass is 16.3. The van der Waals surface area contributed by atoms with Crippen LogP contribution in [0.4, 0.5) is 5.69 Å². The van der Waals surface area contributed by atoms with E-state index in [2.05, 4.69) is 39.3 Å². The Bertz CT molecular complexity index is 1430. The molecule has 0 spiro atoms. The minimum atomic E-state index is 0.173. The summed E-state index contributed by atoms with van der Waals surface area (Å²) in [4.78, 5) is 7.17. The van der Waals surface area contributed by atoms with Gasteiger partial charge in [0, 0.05) is 34.1 Å². The normalized spacial score (nSPS) is 13.6. The number of hydrogen-bond acceptors (Lipinski definition) is 4. The van der Waals surface area contributed by atoms with Crippen LogP contribution in [0.15, 0.2) is 77.2 Å². The number of H-pyrrole nitrogens is 1. The quantitative estimate of drug-likeness (QED) is 0.534. The molecule has 3 heterocycles. The van der Waals surface area contributed by atoms with Crippen LogP contribution in [0.25, 0.3) is 28.8 Å². The lowest BCUT2D eigenvalue weighted by Crippen LogP contribution is -2.08. The first-order chi connectivity index (χ1) is 14.7. The van der Waals surface area contributed by atoms with Crippen molar-refractivity contribution >= 4 is 34.4 Å². The van der Waals surface area contributed by atoms with Crippen molar-refractivity contribution < 1.29 is 5.11 Å². The van der Waals surface area contributed by atoms with Gasteiger partial charge in [-0.15, -0.1) is 10.2 Å². The number of hydrogen-bond donors (Lipinski definition) is 2. The zero-order valence-electron chi connectivity index (χ0n) is 16.5. The molecule has 5 nitrogen and oxygen atoms in total. The third-order valence-electron chi connectivity index (χ3n) is 5.28. The first kappa shape index (κ1) is 18.1. The molecule has 0 amide bonds. The largest absolute Gasteiger partial charge is 0.494 e. The van der Waals surface area contributed by atoms with Crippen molar-refractivity contribution in [1.29, 1.82) is 0 Å². The predicted octanol–water partition coefficient (Wildman–Crippen LogP) is 4.58. The van der Waals surface area contributed by atoms with E-state index < -0.39 is 0 Å². The van der Waals surface area contributed by atoms with Crippen molar-refractivity contribution in [2.24, 2.45) is 10.2 Å².